The van der Waals surface area contributed by atoms with Crippen molar-refractivity contribution < 1.29 is 9.53 Å². The van der Waals surface area contributed by atoms with E-state index in [0.29, 0.717) is 6.54 Å². The van der Waals surface area contributed by atoms with E-state index >= 15 is 0 Å². The van der Waals surface area contributed by atoms with Gasteiger partial charge in [-0.15, -0.1) is 0 Å². The zero-order chi connectivity index (χ0) is 21.3. The summed E-state index contributed by atoms with van der Waals surface area (Å²) in [7, 11) is 5.52. The smallest absolute Gasteiger partial charge is 0.243 e. The first-order valence-electron chi connectivity index (χ1n) is 11.2. The molecule has 1 N–H and O–H groups in total. The number of nitrogens with one attached hydrogen (secondary N) is 1. The minimum absolute atomic E-state index is 0.00861. The van der Waals surface area contributed by atoms with Gasteiger partial charge in [0.15, 0.2) is 5.96 Å². The summed E-state index contributed by atoms with van der Waals surface area (Å²) in [5.41, 5.74) is 2.53. The summed E-state index contributed by atoms with van der Waals surface area (Å²) in [4.78, 5) is 22.7. The third kappa shape index (κ3) is 6.62. The van der Waals surface area contributed by atoms with E-state index in [-0.39, 0.29) is 18.6 Å². The molecule has 0 saturated carbocycles. The second-order valence-corrected chi connectivity index (χ2v) is 8.51. The van der Waals surface area contributed by atoms with E-state index in [9.17, 15) is 4.79 Å². The maximum Gasteiger partial charge on any atom is 0.243 e. The first kappa shape index (κ1) is 22.4. The number of ether oxygens (including phenoxy) is 1. The largest absolute Gasteiger partial charge is 0.376 e. The van der Waals surface area contributed by atoms with Gasteiger partial charge in [-0.2, -0.15) is 0 Å². The molecule has 2 heterocycles. The Balaban J connectivity index is 1.61. The molecule has 2 fully saturated rings. The average Bonchev–Trinajstić information content (AvgIpc) is 3.28. The van der Waals surface area contributed by atoms with Gasteiger partial charge in [-0.25, -0.2) is 4.99 Å². The maximum atomic E-state index is 12.0. The highest BCUT2D eigenvalue weighted by atomic mass is 16.5. The van der Waals surface area contributed by atoms with Crippen LogP contribution in [-0.4, -0.2) is 81.7 Å². The number of carbonyl (C=O) groups is 1. The molecule has 7 nitrogen and oxygen atoms in total. The molecule has 2 saturated heterocycles. The molecule has 3 rings (SSSR count). The summed E-state index contributed by atoms with van der Waals surface area (Å²) in [6.45, 7) is 4.73. The summed E-state index contributed by atoms with van der Waals surface area (Å²) in [6, 6.07) is 8.84. The molecule has 2 aliphatic rings. The van der Waals surface area contributed by atoms with Gasteiger partial charge in [0.2, 0.25) is 5.91 Å². The molecule has 1 atom stereocenters. The van der Waals surface area contributed by atoms with Gasteiger partial charge in [-0.3, -0.25) is 4.79 Å². The van der Waals surface area contributed by atoms with Gasteiger partial charge in [-0.05, 0) is 49.8 Å². The lowest BCUT2D eigenvalue weighted by Crippen LogP contribution is -2.42. The second kappa shape index (κ2) is 11.2. The molecule has 1 unspecified atom stereocenters. The zero-order valence-corrected chi connectivity index (χ0v) is 18.8. The number of hydrogen-bond acceptors (Lipinski definition) is 4. The Morgan fingerprint density at radius 2 is 1.87 bits per heavy atom. The van der Waals surface area contributed by atoms with Crippen LogP contribution in [0.5, 0.6) is 0 Å². The molecule has 0 aliphatic carbocycles. The molecule has 0 spiro atoms. The Labute approximate surface area is 181 Å². The molecular weight excluding hydrogens is 378 g/mol. The van der Waals surface area contributed by atoms with Crippen LogP contribution >= 0.6 is 0 Å². The number of carbonyl (C=O) groups excluding carboxylic acids is 1. The predicted octanol–water partition coefficient (Wildman–Crippen LogP) is 2.32. The summed E-state index contributed by atoms with van der Waals surface area (Å²) >= 11 is 0. The van der Waals surface area contributed by atoms with Gasteiger partial charge in [0, 0.05) is 59.6 Å². The summed E-state index contributed by atoms with van der Waals surface area (Å²) in [6.07, 6.45) is 6.31. The fourth-order valence-electron chi connectivity index (χ4n) is 3.92. The maximum absolute atomic E-state index is 12.0. The number of rotatable bonds is 7. The number of benzene rings is 1. The number of amides is 1. The molecule has 0 bridgehead atoms. The Bertz CT molecular complexity index is 692. The summed E-state index contributed by atoms with van der Waals surface area (Å²) in [5.74, 6) is 0.728. The number of aliphatic imine (C=N–C) groups is 1. The lowest BCUT2D eigenvalue weighted by atomic mass is 10.1. The van der Waals surface area contributed by atoms with Gasteiger partial charge in [0.05, 0.1) is 6.10 Å². The molecule has 0 aromatic heterocycles. The van der Waals surface area contributed by atoms with Crippen LogP contribution in [0, 0.1) is 0 Å². The van der Waals surface area contributed by atoms with Crippen LogP contribution in [0.3, 0.4) is 0 Å². The van der Waals surface area contributed by atoms with Crippen LogP contribution < -0.4 is 10.2 Å². The van der Waals surface area contributed by atoms with Gasteiger partial charge in [0.1, 0.15) is 6.54 Å². The highest BCUT2D eigenvalue weighted by Gasteiger charge is 2.17. The van der Waals surface area contributed by atoms with Gasteiger partial charge >= 0.3 is 0 Å². The first-order valence-corrected chi connectivity index (χ1v) is 11.2. The lowest BCUT2D eigenvalue weighted by Gasteiger charge is -2.29. The predicted molar refractivity (Wildman–Crippen MR) is 122 cm³/mol. The quantitative estimate of drug-likeness (QED) is 0.547. The third-order valence-corrected chi connectivity index (χ3v) is 5.81. The number of guanidine groups is 1. The number of anilines is 1. The highest BCUT2D eigenvalue weighted by Crippen LogP contribution is 2.20. The van der Waals surface area contributed by atoms with Crippen LogP contribution in [0.25, 0.3) is 0 Å². The monoisotopic (exact) mass is 415 g/mol. The number of nitrogens with zero attached hydrogens (tertiary/aromatic N) is 4. The van der Waals surface area contributed by atoms with Crippen molar-refractivity contribution in [1.82, 2.24) is 15.1 Å². The van der Waals surface area contributed by atoms with Crippen LogP contribution in [0.1, 0.15) is 37.7 Å². The molecule has 1 aromatic carbocycles. The van der Waals surface area contributed by atoms with E-state index in [1.807, 2.05) is 7.05 Å². The minimum Gasteiger partial charge on any atom is -0.376 e. The zero-order valence-electron chi connectivity index (χ0n) is 18.8. The van der Waals surface area contributed by atoms with Crippen molar-refractivity contribution in [2.75, 3.05) is 58.8 Å². The number of hydrogen-bond donors (Lipinski definition) is 1. The molecule has 7 heteroatoms. The average molecular weight is 416 g/mol. The second-order valence-electron chi connectivity index (χ2n) is 8.51. The molecule has 166 valence electrons. The normalized spacial score (nSPS) is 19.6. The van der Waals surface area contributed by atoms with Gasteiger partial charge in [-0.1, -0.05) is 12.1 Å². The first-order chi connectivity index (χ1) is 14.5. The van der Waals surface area contributed by atoms with Crippen molar-refractivity contribution in [2.45, 2.75) is 44.8 Å². The van der Waals surface area contributed by atoms with Crippen LogP contribution in [0.15, 0.2) is 29.3 Å². The van der Waals surface area contributed by atoms with Crippen LogP contribution in [0.2, 0.25) is 0 Å². The van der Waals surface area contributed by atoms with E-state index in [1.54, 1.807) is 19.0 Å². The Morgan fingerprint density at radius 1 is 1.13 bits per heavy atom. The van der Waals surface area contributed by atoms with Crippen molar-refractivity contribution >= 4 is 17.6 Å². The van der Waals surface area contributed by atoms with E-state index in [4.69, 9.17) is 4.74 Å². The topological polar surface area (TPSA) is 60.4 Å². The van der Waals surface area contributed by atoms with Crippen molar-refractivity contribution in [3.63, 3.8) is 0 Å². The van der Waals surface area contributed by atoms with Crippen molar-refractivity contribution in [3.05, 3.63) is 29.8 Å². The number of likely N-dealkylation sites (N-methyl/N-ethyl adjacent to an activating group) is 1. The molecular formula is C23H37N5O2. The van der Waals surface area contributed by atoms with Crippen LogP contribution in [0.4, 0.5) is 5.69 Å². The van der Waals surface area contributed by atoms with Gasteiger partial charge in [0.25, 0.3) is 0 Å². The summed E-state index contributed by atoms with van der Waals surface area (Å²) in [5, 5.41) is 3.41. The molecule has 30 heavy (non-hydrogen) atoms. The van der Waals surface area contributed by atoms with Crippen LogP contribution in [-0.2, 0) is 16.1 Å². The third-order valence-electron chi connectivity index (χ3n) is 5.81. The van der Waals surface area contributed by atoms with E-state index in [1.165, 1.54) is 30.5 Å². The molecule has 2 aliphatic heterocycles. The molecule has 1 aromatic rings. The molecule has 1 amide bonds. The Morgan fingerprint density at radius 3 is 2.50 bits per heavy atom. The fraction of sp³-hybridized carbons (Fsp3) is 0.652. The highest BCUT2D eigenvalue weighted by molar-refractivity contribution is 5.84. The van der Waals surface area contributed by atoms with E-state index < -0.39 is 0 Å². The Hall–Kier alpha value is -2.28. The Kier molecular flexibility index (Phi) is 8.37. The number of piperidine rings is 1. The lowest BCUT2D eigenvalue weighted by molar-refractivity contribution is -0.127. The standard InChI is InChI=1S/C23H37N5O2/c1-26(2)22(29)17-25-23(24-16-21-8-7-15-30-21)27(3)18-19-9-11-20(12-10-19)28-13-5-4-6-14-28/h9-12,21H,4-8,13-18H2,1-3H3,(H,24,25). The molecule has 0 radical (unpaired) electrons. The van der Waals surface area contributed by atoms with Crippen molar-refractivity contribution in [3.8, 4) is 0 Å². The van der Waals surface area contributed by atoms with Crippen molar-refractivity contribution in [2.24, 2.45) is 4.99 Å². The van der Waals surface area contributed by atoms with Crippen molar-refractivity contribution in [1.29, 1.82) is 0 Å². The van der Waals surface area contributed by atoms with E-state index in [2.05, 4.69) is 44.4 Å². The summed E-state index contributed by atoms with van der Waals surface area (Å²) < 4.78 is 5.72. The fourth-order valence-corrected chi connectivity index (χ4v) is 3.92. The van der Waals surface area contributed by atoms with Gasteiger partial charge < -0.3 is 24.8 Å². The minimum atomic E-state index is -0.00861. The van der Waals surface area contributed by atoms with E-state index in [0.717, 1.165) is 45.0 Å². The SMILES string of the molecule is CN(C)C(=O)CN=C(NCC1CCCO1)N(C)Cc1ccc(N2CCCCC2)cc1.